The fourth-order valence-electron chi connectivity index (χ4n) is 1.88. The second-order valence-electron chi connectivity index (χ2n) is 4.93. The quantitative estimate of drug-likeness (QED) is 0.802. The van der Waals surface area contributed by atoms with Crippen LogP contribution in [0, 0.1) is 0 Å². The minimum atomic E-state index is -0.981. The molecule has 2 N–H and O–H groups in total. The lowest BCUT2D eigenvalue weighted by molar-refractivity contribution is -0.131. The number of carboxylic acid groups (broad SMARTS) is 1. The van der Waals surface area contributed by atoms with E-state index in [4.69, 9.17) is 9.84 Å². The highest BCUT2D eigenvalue weighted by Gasteiger charge is 2.14. The van der Waals surface area contributed by atoms with Crippen LogP contribution >= 0.6 is 0 Å². The summed E-state index contributed by atoms with van der Waals surface area (Å²) in [6.07, 6.45) is 0.252. The van der Waals surface area contributed by atoms with E-state index in [1.807, 2.05) is 60.7 Å². The molecule has 2 aromatic rings. The first kappa shape index (κ1) is 18.6. The average Bonchev–Trinajstić information content (AvgIpc) is 2.57. The molecule has 4 nitrogen and oxygen atoms in total. The molecule has 2 aromatic carbocycles. The van der Waals surface area contributed by atoms with Gasteiger partial charge in [-0.2, -0.15) is 0 Å². The Morgan fingerprint density at radius 1 is 1.09 bits per heavy atom. The molecule has 0 saturated heterocycles. The molecule has 122 valence electrons. The average molecular weight is 314 g/mol. The summed E-state index contributed by atoms with van der Waals surface area (Å²) < 4.78 is 5.83. The van der Waals surface area contributed by atoms with Gasteiger partial charge in [-0.25, -0.2) is 4.79 Å². The van der Waals surface area contributed by atoms with Crippen LogP contribution in [-0.4, -0.2) is 28.9 Å². The van der Waals surface area contributed by atoms with Gasteiger partial charge in [0.2, 0.25) is 0 Å². The lowest BCUT2D eigenvalue weighted by Gasteiger charge is -2.19. The van der Waals surface area contributed by atoms with Gasteiger partial charge in [-0.15, -0.1) is 0 Å². The summed E-state index contributed by atoms with van der Waals surface area (Å²) in [7, 11) is 0. The van der Waals surface area contributed by atoms with Crippen molar-refractivity contribution in [2.45, 2.75) is 19.1 Å². The van der Waals surface area contributed by atoms with E-state index in [0.717, 1.165) is 17.2 Å². The highest BCUT2D eigenvalue weighted by molar-refractivity contribution is 5.78. The van der Waals surface area contributed by atoms with E-state index in [9.17, 15) is 9.90 Å². The zero-order valence-corrected chi connectivity index (χ0v) is 13.1. The van der Waals surface area contributed by atoms with Gasteiger partial charge in [0.25, 0.3) is 0 Å². The van der Waals surface area contributed by atoms with Gasteiger partial charge in [-0.1, -0.05) is 67.2 Å². The number of aliphatic hydroxyl groups excluding tert-OH is 1. The van der Waals surface area contributed by atoms with Crippen molar-refractivity contribution in [1.29, 1.82) is 0 Å². The Labute approximate surface area is 136 Å². The van der Waals surface area contributed by atoms with Crippen LogP contribution in [0.15, 0.2) is 73.3 Å². The number of hydrogen-bond acceptors (Lipinski definition) is 3. The van der Waals surface area contributed by atoms with E-state index in [1.54, 1.807) is 6.92 Å². The summed E-state index contributed by atoms with van der Waals surface area (Å²) in [5, 5.41) is 17.0. The normalized spacial score (nSPS) is 11.3. The summed E-state index contributed by atoms with van der Waals surface area (Å²) in [5.74, 6) is -0.981. The molecule has 2 rings (SSSR count). The van der Waals surface area contributed by atoms with Gasteiger partial charge in [0.05, 0.1) is 12.7 Å². The molecule has 1 atom stereocenters. The highest BCUT2D eigenvalue weighted by atomic mass is 16.5. The maximum Gasteiger partial charge on any atom is 0.327 e. The zero-order valence-electron chi connectivity index (χ0n) is 13.1. The van der Waals surface area contributed by atoms with Crippen molar-refractivity contribution < 1.29 is 19.7 Å². The minimum absolute atomic E-state index is 0.123. The van der Waals surface area contributed by atoms with Crippen molar-refractivity contribution in [2.75, 3.05) is 6.61 Å². The fourth-order valence-corrected chi connectivity index (χ4v) is 1.88. The van der Waals surface area contributed by atoms with Crippen LogP contribution in [0.2, 0.25) is 0 Å². The molecule has 0 heterocycles. The summed E-state index contributed by atoms with van der Waals surface area (Å²) in [6.45, 7) is 5.02. The molecule has 0 fully saturated rings. The maximum absolute atomic E-state index is 9.37. The number of carbonyl (C=O) groups is 1. The van der Waals surface area contributed by atoms with Gasteiger partial charge >= 0.3 is 5.97 Å². The molecule has 4 heteroatoms. The van der Waals surface area contributed by atoms with Gasteiger partial charge in [-0.3, -0.25) is 0 Å². The molecule has 0 saturated carbocycles. The lowest BCUT2D eigenvalue weighted by Crippen LogP contribution is -2.15. The Balaban J connectivity index is 0.000000463. The monoisotopic (exact) mass is 314 g/mol. The van der Waals surface area contributed by atoms with E-state index >= 15 is 0 Å². The summed E-state index contributed by atoms with van der Waals surface area (Å²) in [6, 6.07) is 20.1. The Morgan fingerprint density at radius 2 is 1.48 bits per heavy atom. The molecular weight excluding hydrogens is 292 g/mol. The molecular formula is C19H22O4. The van der Waals surface area contributed by atoms with Crippen LogP contribution < -0.4 is 0 Å². The van der Waals surface area contributed by atoms with Crippen molar-refractivity contribution in [3.8, 4) is 0 Å². The first-order chi connectivity index (χ1) is 11.0. The smallest absolute Gasteiger partial charge is 0.327 e. The minimum Gasteiger partial charge on any atom is -0.478 e. The SMILES string of the molecule is C=CC(=O)O.CC(O)COC(c1ccccc1)c1ccccc1. The van der Waals surface area contributed by atoms with E-state index in [-0.39, 0.29) is 6.10 Å². The molecule has 0 spiro atoms. The van der Waals surface area contributed by atoms with Gasteiger partial charge in [0.1, 0.15) is 6.10 Å². The molecule has 0 aliphatic carbocycles. The Hall–Kier alpha value is -2.43. The van der Waals surface area contributed by atoms with Gasteiger partial charge in [0, 0.05) is 6.08 Å². The molecule has 0 aromatic heterocycles. The molecule has 0 aliphatic rings. The van der Waals surface area contributed by atoms with Crippen molar-refractivity contribution >= 4 is 5.97 Å². The largest absolute Gasteiger partial charge is 0.478 e. The van der Waals surface area contributed by atoms with Crippen molar-refractivity contribution in [1.82, 2.24) is 0 Å². The number of hydrogen-bond donors (Lipinski definition) is 2. The van der Waals surface area contributed by atoms with E-state index < -0.39 is 12.1 Å². The third-order valence-corrected chi connectivity index (χ3v) is 2.88. The van der Waals surface area contributed by atoms with Crippen molar-refractivity contribution in [3.05, 3.63) is 84.4 Å². The maximum atomic E-state index is 9.37. The first-order valence-corrected chi connectivity index (χ1v) is 7.29. The number of aliphatic hydroxyl groups is 1. The van der Waals surface area contributed by atoms with E-state index in [2.05, 4.69) is 6.58 Å². The first-order valence-electron chi connectivity index (χ1n) is 7.29. The third-order valence-electron chi connectivity index (χ3n) is 2.88. The summed E-state index contributed by atoms with van der Waals surface area (Å²) in [5.41, 5.74) is 2.20. The predicted octanol–water partition coefficient (Wildman–Crippen LogP) is 3.43. The van der Waals surface area contributed by atoms with Gasteiger partial charge in [0.15, 0.2) is 0 Å². The second kappa shape index (κ2) is 10.3. The second-order valence-corrected chi connectivity index (χ2v) is 4.93. The van der Waals surface area contributed by atoms with Gasteiger partial charge < -0.3 is 14.9 Å². The van der Waals surface area contributed by atoms with Crippen LogP contribution in [0.5, 0.6) is 0 Å². The van der Waals surface area contributed by atoms with Gasteiger partial charge in [-0.05, 0) is 18.1 Å². The Bertz CT molecular complexity index is 539. The number of benzene rings is 2. The summed E-state index contributed by atoms with van der Waals surface area (Å²) >= 11 is 0. The van der Waals surface area contributed by atoms with Crippen LogP contribution in [0.3, 0.4) is 0 Å². The molecule has 0 radical (unpaired) electrons. The van der Waals surface area contributed by atoms with Crippen LogP contribution in [0.4, 0.5) is 0 Å². The topological polar surface area (TPSA) is 66.8 Å². The lowest BCUT2D eigenvalue weighted by atomic mass is 10.0. The zero-order chi connectivity index (χ0) is 17.1. The number of aliphatic carboxylic acids is 1. The Kier molecular flexibility index (Phi) is 8.36. The molecule has 1 unspecified atom stereocenters. The summed E-state index contributed by atoms with van der Waals surface area (Å²) in [4.78, 5) is 9.25. The van der Waals surface area contributed by atoms with Crippen LogP contribution in [-0.2, 0) is 9.53 Å². The highest BCUT2D eigenvalue weighted by Crippen LogP contribution is 2.25. The number of rotatable bonds is 6. The standard InChI is InChI=1S/C16H18O2.C3H4O2/c1-13(17)12-18-16(14-8-4-2-5-9-14)15-10-6-3-7-11-15;1-2-3(4)5/h2-11,13,16-17H,12H2,1H3;2H,1H2,(H,4,5). The molecule has 0 aliphatic heterocycles. The van der Waals surface area contributed by atoms with Crippen LogP contribution in [0.25, 0.3) is 0 Å². The van der Waals surface area contributed by atoms with Crippen molar-refractivity contribution in [3.63, 3.8) is 0 Å². The molecule has 0 amide bonds. The predicted molar refractivity (Wildman–Crippen MR) is 90.2 cm³/mol. The van der Waals surface area contributed by atoms with E-state index in [1.165, 1.54) is 0 Å². The molecule has 23 heavy (non-hydrogen) atoms. The number of carboxylic acids is 1. The Morgan fingerprint density at radius 3 is 1.78 bits per heavy atom. The van der Waals surface area contributed by atoms with Crippen molar-refractivity contribution in [2.24, 2.45) is 0 Å². The third kappa shape index (κ3) is 7.40. The van der Waals surface area contributed by atoms with Crippen LogP contribution in [0.1, 0.15) is 24.2 Å². The number of ether oxygens (including phenoxy) is 1. The fraction of sp³-hybridized carbons (Fsp3) is 0.211. The molecule has 0 bridgehead atoms. The van der Waals surface area contributed by atoms with E-state index in [0.29, 0.717) is 6.61 Å².